The number of rotatable bonds is 4. The number of aromatic amines is 2. The highest BCUT2D eigenvalue weighted by atomic mass is 35.5. The molecule has 0 bridgehead atoms. The second kappa shape index (κ2) is 6.95. The number of ketones is 1. The van der Waals surface area contributed by atoms with E-state index < -0.39 is 22.8 Å². The lowest BCUT2D eigenvalue weighted by Gasteiger charge is -2.14. The summed E-state index contributed by atoms with van der Waals surface area (Å²) < 4.78 is 2.06. The van der Waals surface area contributed by atoms with Gasteiger partial charge in [0.1, 0.15) is 17.3 Å². The van der Waals surface area contributed by atoms with Gasteiger partial charge >= 0.3 is 0 Å². The largest absolute Gasteiger partial charge is 0.366 e. The number of H-pyrrole nitrogens is 2. The lowest BCUT2D eigenvalue weighted by Crippen LogP contribution is -2.33. The topological polar surface area (TPSA) is 221 Å². The van der Waals surface area contributed by atoms with Crippen LogP contribution in [0.4, 0.5) is 11.9 Å². The Kier molecular flexibility index (Phi) is 4.19. The Balaban J connectivity index is 1.81. The number of hydrogen-bond donors (Lipinski definition) is 4. The van der Waals surface area contributed by atoms with Gasteiger partial charge in [-0.15, -0.1) is 20.4 Å². The third-order valence-electron chi connectivity index (χ3n) is 4.62. The highest BCUT2D eigenvalue weighted by molar-refractivity contribution is 6.34. The molecule has 0 saturated heterocycles. The molecule has 0 aliphatic heterocycles. The minimum absolute atomic E-state index is 0.0447. The summed E-state index contributed by atoms with van der Waals surface area (Å²) in [7, 11) is 0. The molecular formula is C16H11ClN12O3. The van der Waals surface area contributed by atoms with Crippen molar-refractivity contribution < 1.29 is 4.79 Å². The van der Waals surface area contributed by atoms with Gasteiger partial charge in [-0.05, 0) is 12.1 Å². The number of fused-ring (bicyclic) bond motifs is 2. The minimum Gasteiger partial charge on any atom is -0.366 e. The van der Waals surface area contributed by atoms with Gasteiger partial charge < -0.3 is 11.5 Å². The van der Waals surface area contributed by atoms with E-state index in [1.165, 1.54) is 12.1 Å². The number of nitrogens with one attached hydrogen (secondary N) is 2. The number of carbonyl (C=O) groups is 1. The Labute approximate surface area is 180 Å². The summed E-state index contributed by atoms with van der Waals surface area (Å²) in [6.07, 6.45) is 0. The van der Waals surface area contributed by atoms with E-state index in [1.807, 2.05) is 0 Å². The van der Waals surface area contributed by atoms with Gasteiger partial charge in [-0.1, -0.05) is 23.7 Å². The number of nitrogen functional groups attached to an aromatic ring is 2. The van der Waals surface area contributed by atoms with Crippen LogP contribution < -0.4 is 22.6 Å². The van der Waals surface area contributed by atoms with Crippen molar-refractivity contribution in [2.45, 2.75) is 5.92 Å². The zero-order chi connectivity index (χ0) is 22.6. The Morgan fingerprint density at radius 1 is 0.875 bits per heavy atom. The van der Waals surface area contributed by atoms with Gasteiger partial charge in [0, 0.05) is 5.56 Å². The molecule has 15 nitrogen and oxygen atoms in total. The van der Waals surface area contributed by atoms with E-state index in [9.17, 15) is 14.4 Å². The quantitative estimate of drug-likeness (QED) is 0.235. The molecule has 6 N–H and O–H groups in total. The fourth-order valence-corrected chi connectivity index (χ4v) is 3.38. The average molecular weight is 455 g/mol. The number of carbonyl (C=O) groups excluding carboxylic acids is 1. The third kappa shape index (κ3) is 2.87. The summed E-state index contributed by atoms with van der Waals surface area (Å²) in [5.74, 6) is -2.73. The first-order chi connectivity index (χ1) is 15.3. The van der Waals surface area contributed by atoms with Crippen molar-refractivity contribution in [2.75, 3.05) is 11.5 Å². The second-order valence-electron chi connectivity index (χ2n) is 6.54. The molecule has 0 saturated carbocycles. The normalized spacial score (nSPS) is 11.6. The van der Waals surface area contributed by atoms with Crippen LogP contribution in [0.1, 0.15) is 27.7 Å². The standard InChI is InChI=1S/C16H11ClN12O3/c17-6-4-2-1-3-5(6)10(30)7(8-11(31)26-28-13(18)22-24-15(28)20-8)9-12(32)27-29-14(19)23-25-16(29)21-9/h1-4,7H,(H2,18,22)(H2,19,23)(H,26,31)(H,27,32). The summed E-state index contributed by atoms with van der Waals surface area (Å²) in [5, 5.41) is 19.7. The molecule has 0 unspecified atom stereocenters. The second-order valence-corrected chi connectivity index (χ2v) is 6.95. The number of Topliss-reactive ketones (excluding diaryl/α,β-unsaturated/α-hetero) is 1. The molecule has 32 heavy (non-hydrogen) atoms. The zero-order valence-electron chi connectivity index (χ0n) is 15.7. The van der Waals surface area contributed by atoms with E-state index in [1.54, 1.807) is 12.1 Å². The molecule has 0 radical (unpaired) electrons. The van der Waals surface area contributed by atoms with E-state index >= 15 is 0 Å². The van der Waals surface area contributed by atoms with Crippen LogP contribution in [-0.4, -0.2) is 55.4 Å². The molecule has 5 rings (SSSR count). The first kappa shape index (κ1) is 19.3. The maximum absolute atomic E-state index is 13.5. The molecule has 1 aromatic carbocycles. The van der Waals surface area contributed by atoms with Crippen LogP contribution >= 0.6 is 11.6 Å². The number of hydrogen-bond acceptors (Lipinski definition) is 11. The van der Waals surface area contributed by atoms with Crippen molar-refractivity contribution in [3.05, 3.63) is 66.9 Å². The van der Waals surface area contributed by atoms with Crippen molar-refractivity contribution in [2.24, 2.45) is 0 Å². The van der Waals surface area contributed by atoms with Crippen molar-refractivity contribution in [3.8, 4) is 0 Å². The maximum Gasteiger partial charge on any atom is 0.286 e. The van der Waals surface area contributed by atoms with Crippen LogP contribution in [0.2, 0.25) is 5.02 Å². The van der Waals surface area contributed by atoms with Crippen LogP contribution in [0.15, 0.2) is 33.9 Å². The minimum atomic E-state index is -1.58. The monoisotopic (exact) mass is 454 g/mol. The van der Waals surface area contributed by atoms with Crippen molar-refractivity contribution in [1.29, 1.82) is 0 Å². The number of aromatic nitrogens is 10. The number of anilines is 2. The van der Waals surface area contributed by atoms with Gasteiger partial charge in [0.2, 0.25) is 11.9 Å². The lowest BCUT2D eigenvalue weighted by molar-refractivity contribution is 0.0970. The fourth-order valence-electron chi connectivity index (χ4n) is 3.16. The molecule has 0 aliphatic carbocycles. The van der Waals surface area contributed by atoms with E-state index in [4.69, 9.17) is 23.1 Å². The molecule has 0 amide bonds. The number of nitrogens with zero attached hydrogens (tertiary/aromatic N) is 8. The first-order valence-electron chi connectivity index (χ1n) is 8.85. The Bertz CT molecular complexity index is 1550. The van der Waals surface area contributed by atoms with Crippen molar-refractivity contribution in [3.63, 3.8) is 0 Å². The van der Waals surface area contributed by atoms with Crippen LogP contribution in [-0.2, 0) is 0 Å². The molecule has 16 heteroatoms. The van der Waals surface area contributed by atoms with Crippen LogP contribution in [0.3, 0.4) is 0 Å². The molecule has 0 atom stereocenters. The Morgan fingerprint density at radius 2 is 1.38 bits per heavy atom. The van der Waals surface area contributed by atoms with E-state index in [0.29, 0.717) is 0 Å². The highest BCUT2D eigenvalue weighted by Crippen LogP contribution is 2.26. The molecule has 0 spiro atoms. The van der Waals surface area contributed by atoms with E-state index in [0.717, 1.165) is 9.03 Å². The third-order valence-corrected chi connectivity index (χ3v) is 4.95. The van der Waals surface area contributed by atoms with E-state index in [-0.39, 0.29) is 45.4 Å². The number of benzene rings is 1. The molecule has 0 aliphatic rings. The van der Waals surface area contributed by atoms with Gasteiger partial charge in [0.15, 0.2) is 5.78 Å². The Hall–Kier alpha value is -4.66. The molecule has 4 aromatic heterocycles. The van der Waals surface area contributed by atoms with Crippen LogP contribution in [0.25, 0.3) is 11.6 Å². The van der Waals surface area contributed by atoms with Gasteiger partial charge in [-0.3, -0.25) is 24.6 Å². The molecule has 160 valence electrons. The summed E-state index contributed by atoms with van der Waals surface area (Å²) >= 11 is 6.19. The Morgan fingerprint density at radius 3 is 1.88 bits per heavy atom. The SMILES string of the molecule is Nc1nnc2nc(C(C(=O)c3ccccc3Cl)c3nc4nnc(N)n4[nH]c3=O)c(=O)[nH]n12. The summed E-state index contributed by atoms with van der Waals surface area (Å²) in [5.41, 5.74) is 8.94. The predicted molar refractivity (Wildman–Crippen MR) is 109 cm³/mol. The number of nitrogens with two attached hydrogens (primary N) is 2. The fraction of sp³-hybridized carbons (Fsp3) is 0.0625. The van der Waals surface area contributed by atoms with Crippen molar-refractivity contribution in [1.82, 2.24) is 49.6 Å². The number of halogens is 1. The van der Waals surface area contributed by atoms with Crippen molar-refractivity contribution >= 4 is 40.8 Å². The average Bonchev–Trinajstić information content (AvgIpc) is 3.31. The molecular weight excluding hydrogens is 444 g/mol. The van der Waals surface area contributed by atoms with Gasteiger partial charge in [-0.25, -0.2) is 9.97 Å². The van der Waals surface area contributed by atoms with E-state index in [2.05, 4.69) is 40.6 Å². The molecule has 5 aromatic rings. The van der Waals surface area contributed by atoms with Gasteiger partial charge in [0.25, 0.3) is 22.7 Å². The summed E-state index contributed by atoms with van der Waals surface area (Å²) in [6, 6.07) is 6.14. The lowest BCUT2D eigenvalue weighted by atomic mass is 9.91. The van der Waals surface area contributed by atoms with Crippen LogP contribution in [0, 0.1) is 0 Å². The van der Waals surface area contributed by atoms with Gasteiger partial charge in [0.05, 0.1) is 5.02 Å². The smallest absolute Gasteiger partial charge is 0.286 e. The highest BCUT2D eigenvalue weighted by Gasteiger charge is 2.34. The van der Waals surface area contributed by atoms with Gasteiger partial charge in [-0.2, -0.15) is 9.03 Å². The van der Waals surface area contributed by atoms with Crippen LogP contribution in [0.5, 0.6) is 0 Å². The summed E-state index contributed by atoms with van der Waals surface area (Å²) in [6.45, 7) is 0. The molecule has 4 heterocycles. The molecule has 0 fully saturated rings. The predicted octanol–water partition coefficient (Wildman–Crippen LogP) is -1.23. The zero-order valence-corrected chi connectivity index (χ0v) is 16.5. The maximum atomic E-state index is 13.5. The summed E-state index contributed by atoms with van der Waals surface area (Å²) in [4.78, 5) is 47.5. The first-order valence-corrected chi connectivity index (χ1v) is 9.23.